The number of para-hydroxylation sites is 1. The van der Waals surface area contributed by atoms with Crippen molar-refractivity contribution in [1.82, 2.24) is 24.8 Å². The molecule has 1 aliphatic rings. The molecule has 2 N–H and O–H groups in total. The maximum Gasteiger partial charge on any atom is 0.226 e. The van der Waals surface area contributed by atoms with Gasteiger partial charge in [0.2, 0.25) is 5.91 Å². The molecule has 1 amide bonds. The van der Waals surface area contributed by atoms with E-state index in [9.17, 15) is 4.79 Å². The summed E-state index contributed by atoms with van der Waals surface area (Å²) in [5, 5.41) is 7.18. The first kappa shape index (κ1) is 24.6. The highest BCUT2D eigenvalue weighted by molar-refractivity contribution is 7.80. The molecule has 4 aromatic rings. The highest BCUT2D eigenvalue weighted by atomic mass is 32.1. The maximum atomic E-state index is 13.0. The lowest BCUT2D eigenvalue weighted by atomic mass is 10.0. The van der Waals surface area contributed by atoms with Gasteiger partial charge in [0.1, 0.15) is 0 Å². The molecule has 0 spiro atoms. The molecule has 0 saturated carbocycles. The minimum atomic E-state index is -0.144. The second-order valence-electron chi connectivity index (χ2n) is 9.01. The molecule has 0 unspecified atom stereocenters. The number of nitrogens with one attached hydrogen (secondary N) is 2. The summed E-state index contributed by atoms with van der Waals surface area (Å²) in [7, 11) is 0. The van der Waals surface area contributed by atoms with Crippen molar-refractivity contribution in [1.29, 1.82) is 0 Å². The number of aromatic nitrogens is 3. The van der Waals surface area contributed by atoms with Gasteiger partial charge in [-0.05, 0) is 66.7 Å². The summed E-state index contributed by atoms with van der Waals surface area (Å²) in [6.45, 7) is 3.21. The van der Waals surface area contributed by atoms with Gasteiger partial charge >= 0.3 is 0 Å². The molecule has 37 heavy (non-hydrogen) atoms. The molecule has 0 aliphatic carbocycles. The van der Waals surface area contributed by atoms with E-state index >= 15 is 0 Å². The number of rotatable bonds is 9. The van der Waals surface area contributed by atoms with E-state index in [1.165, 1.54) is 0 Å². The van der Waals surface area contributed by atoms with E-state index in [0.717, 1.165) is 34.8 Å². The Morgan fingerprint density at radius 2 is 1.78 bits per heavy atom. The lowest BCUT2D eigenvalue weighted by Gasteiger charge is -2.28. The SMILES string of the molecule is CCc1ccccc1NC(=O)CCN1C(=S)N[C@H](c2ccccn2)[C@H]1c1cccn1Cc1ccccn1. The monoisotopic (exact) mass is 510 g/mol. The molecule has 188 valence electrons. The Hall–Kier alpha value is -4.04. The average Bonchev–Trinajstić information content (AvgIpc) is 3.52. The smallest absolute Gasteiger partial charge is 0.226 e. The predicted molar refractivity (Wildman–Crippen MR) is 149 cm³/mol. The highest BCUT2D eigenvalue weighted by Gasteiger charge is 2.41. The third kappa shape index (κ3) is 5.54. The first-order valence-electron chi connectivity index (χ1n) is 12.5. The first-order chi connectivity index (χ1) is 18.1. The van der Waals surface area contributed by atoms with Gasteiger partial charge in [0.25, 0.3) is 0 Å². The third-order valence-corrected chi connectivity index (χ3v) is 7.03. The molecule has 2 atom stereocenters. The molecule has 0 bridgehead atoms. The van der Waals surface area contributed by atoms with Crippen LogP contribution in [0, 0.1) is 0 Å². The molecule has 1 fully saturated rings. The van der Waals surface area contributed by atoms with Crippen molar-refractivity contribution >= 4 is 28.9 Å². The van der Waals surface area contributed by atoms with Crippen LogP contribution in [-0.2, 0) is 17.8 Å². The summed E-state index contributed by atoms with van der Waals surface area (Å²) in [6, 6.07) is 23.6. The molecule has 4 heterocycles. The second kappa shape index (κ2) is 11.3. The van der Waals surface area contributed by atoms with Crippen LogP contribution in [0.4, 0.5) is 5.69 Å². The number of carbonyl (C=O) groups is 1. The number of anilines is 1. The summed E-state index contributed by atoms with van der Waals surface area (Å²) in [5.74, 6) is -0.0346. The average molecular weight is 511 g/mol. The van der Waals surface area contributed by atoms with Crippen molar-refractivity contribution in [3.05, 3.63) is 114 Å². The Morgan fingerprint density at radius 3 is 2.54 bits per heavy atom. The van der Waals surface area contributed by atoms with Gasteiger partial charge in [0.15, 0.2) is 5.11 Å². The van der Waals surface area contributed by atoms with Crippen molar-refractivity contribution < 1.29 is 4.79 Å². The van der Waals surface area contributed by atoms with E-state index in [1.807, 2.05) is 72.9 Å². The lowest BCUT2D eigenvalue weighted by Crippen LogP contribution is -2.33. The van der Waals surface area contributed by atoms with Crippen LogP contribution >= 0.6 is 12.2 Å². The second-order valence-corrected chi connectivity index (χ2v) is 9.40. The van der Waals surface area contributed by atoms with Crippen molar-refractivity contribution in [2.24, 2.45) is 0 Å². The summed E-state index contributed by atoms with van der Waals surface area (Å²) >= 11 is 5.80. The van der Waals surface area contributed by atoms with Crippen LogP contribution in [0.1, 0.15) is 48.1 Å². The Kier molecular flexibility index (Phi) is 7.56. The molecule has 1 aliphatic heterocycles. The largest absolute Gasteiger partial charge is 0.352 e. The standard InChI is InChI=1S/C29H30N6OS/c1-2-21-10-3-4-12-23(21)32-26(36)15-19-35-28(27(33-29(35)37)24-13-6-8-17-31-24)25-14-9-18-34(25)20-22-11-5-7-16-30-22/h3-14,16-18,27-28H,2,15,19-20H2,1H3,(H,32,36)(H,33,37)/t27-,28-/m1/s1. The topological polar surface area (TPSA) is 75.1 Å². The summed E-state index contributed by atoms with van der Waals surface area (Å²) < 4.78 is 2.20. The first-order valence-corrected chi connectivity index (χ1v) is 13.0. The van der Waals surface area contributed by atoms with Crippen LogP contribution < -0.4 is 10.6 Å². The fourth-order valence-electron chi connectivity index (χ4n) is 4.86. The van der Waals surface area contributed by atoms with Crippen molar-refractivity contribution in [3.63, 3.8) is 0 Å². The number of amides is 1. The van der Waals surface area contributed by atoms with Gasteiger partial charge in [0.05, 0.1) is 30.0 Å². The van der Waals surface area contributed by atoms with E-state index in [1.54, 1.807) is 6.20 Å². The fourth-order valence-corrected chi connectivity index (χ4v) is 5.19. The zero-order chi connectivity index (χ0) is 25.6. The quantitative estimate of drug-likeness (QED) is 0.312. The van der Waals surface area contributed by atoms with E-state index in [2.05, 4.69) is 49.3 Å². The van der Waals surface area contributed by atoms with Crippen LogP contribution in [0.25, 0.3) is 0 Å². The number of thiocarbonyl (C=S) groups is 1. The fraction of sp³-hybridized carbons (Fsp3) is 0.241. The van der Waals surface area contributed by atoms with Gasteiger partial charge in [-0.3, -0.25) is 14.8 Å². The predicted octanol–water partition coefficient (Wildman–Crippen LogP) is 4.89. The third-order valence-electron chi connectivity index (χ3n) is 6.68. The van der Waals surface area contributed by atoms with Crippen LogP contribution in [0.15, 0.2) is 91.4 Å². The maximum absolute atomic E-state index is 13.0. The van der Waals surface area contributed by atoms with E-state index in [-0.39, 0.29) is 18.0 Å². The Morgan fingerprint density at radius 1 is 1.00 bits per heavy atom. The minimum absolute atomic E-state index is 0.0346. The number of aryl methyl sites for hydroxylation is 1. The van der Waals surface area contributed by atoms with Gasteiger partial charge in [-0.25, -0.2) is 0 Å². The Bertz CT molecular complexity index is 1360. The van der Waals surface area contributed by atoms with Crippen molar-refractivity contribution in [2.45, 2.75) is 38.4 Å². The van der Waals surface area contributed by atoms with Gasteiger partial charge in [-0.15, -0.1) is 0 Å². The Balaban J connectivity index is 1.40. The van der Waals surface area contributed by atoms with Crippen LogP contribution in [-0.4, -0.2) is 37.0 Å². The number of carbonyl (C=O) groups excluding carboxylic acids is 1. The van der Waals surface area contributed by atoms with Crippen LogP contribution in [0.3, 0.4) is 0 Å². The molecular weight excluding hydrogens is 480 g/mol. The van der Waals surface area contributed by atoms with Gasteiger partial charge in [-0.2, -0.15) is 0 Å². The highest BCUT2D eigenvalue weighted by Crippen LogP contribution is 2.39. The number of hydrogen-bond acceptors (Lipinski definition) is 4. The number of pyridine rings is 2. The molecule has 1 aromatic carbocycles. The van der Waals surface area contributed by atoms with Crippen molar-refractivity contribution in [3.8, 4) is 0 Å². The molecule has 8 heteroatoms. The van der Waals surface area contributed by atoms with Gasteiger partial charge in [0, 0.05) is 42.9 Å². The van der Waals surface area contributed by atoms with Crippen LogP contribution in [0.2, 0.25) is 0 Å². The molecule has 0 radical (unpaired) electrons. The summed E-state index contributed by atoms with van der Waals surface area (Å²) in [4.78, 5) is 24.2. The van der Waals surface area contributed by atoms with Crippen LogP contribution in [0.5, 0.6) is 0 Å². The van der Waals surface area contributed by atoms with Crippen molar-refractivity contribution in [2.75, 3.05) is 11.9 Å². The normalized spacial score (nSPS) is 17.0. The molecule has 7 nitrogen and oxygen atoms in total. The lowest BCUT2D eigenvalue weighted by molar-refractivity contribution is -0.116. The number of hydrogen-bond donors (Lipinski definition) is 2. The molecule has 5 rings (SSSR count). The molecular formula is C29H30N6OS. The zero-order valence-electron chi connectivity index (χ0n) is 20.7. The Labute approximate surface area is 222 Å². The molecule has 1 saturated heterocycles. The minimum Gasteiger partial charge on any atom is -0.352 e. The van der Waals surface area contributed by atoms with E-state index < -0.39 is 0 Å². The van der Waals surface area contributed by atoms with Gasteiger partial charge < -0.3 is 20.1 Å². The summed E-state index contributed by atoms with van der Waals surface area (Å²) in [6.07, 6.45) is 6.84. The summed E-state index contributed by atoms with van der Waals surface area (Å²) in [5.41, 5.74) is 4.96. The zero-order valence-corrected chi connectivity index (χ0v) is 21.6. The van der Waals surface area contributed by atoms with E-state index in [4.69, 9.17) is 12.2 Å². The van der Waals surface area contributed by atoms with E-state index in [0.29, 0.717) is 24.6 Å². The number of nitrogens with zero attached hydrogens (tertiary/aromatic N) is 4. The molecule has 3 aromatic heterocycles. The van der Waals surface area contributed by atoms with Gasteiger partial charge in [-0.1, -0.05) is 37.3 Å². The number of benzene rings is 1.